The molecule has 3 aromatic rings. The van der Waals surface area contributed by atoms with E-state index >= 15 is 0 Å². The van der Waals surface area contributed by atoms with Gasteiger partial charge < -0.3 is 5.11 Å². The van der Waals surface area contributed by atoms with Crippen molar-refractivity contribution in [2.45, 2.75) is 26.0 Å². The van der Waals surface area contributed by atoms with E-state index in [-0.39, 0.29) is 0 Å². The molecule has 3 rings (SSSR count). The zero-order valence-electron chi connectivity index (χ0n) is 11.9. The Balaban J connectivity index is 1.87. The molecule has 2 heterocycles. The van der Waals surface area contributed by atoms with Gasteiger partial charge in [-0.05, 0) is 30.7 Å². The molecule has 5 nitrogen and oxygen atoms in total. The highest BCUT2D eigenvalue weighted by atomic mass is 16.3. The Bertz CT molecular complexity index is 702. The van der Waals surface area contributed by atoms with Crippen LogP contribution < -0.4 is 0 Å². The minimum absolute atomic E-state index is 0.622. The van der Waals surface area contributed by atoms with E-state index in [1.165, 1.54) is 0 Å². The van der Waals surface area contributed by atoms with Gasteiger partial charge in [-0.3, -0.25) is 4.68 Å². The van der Waals surface area contributed by atoms with Crippen LogP contribution in [0.5, 0.6) is 0 Å². The molecule has 1 unspecified atom stereocenters. The van der Waals surface area contributed by atoms with Crippen LogP contribution >= 0.6 is 0 Å². The first-order chi connectivity index (χ1) is 10.3. The number of benzene rings is 1. The molecule has 0 aliphatic heterocycles. The largest absolute Gasteiger partial charge is 0.380 e. The van der Waals surface area contributed by atoms with Crippen LogP contribution in [0.25, 0.3) is 5.69 Å². The molecule has 108 valence electrons. The zero-order valence-corrected chi connectivity index (χ0v) is 11.9. The van der Waals surface area contributed by atoms with E-state index in [0.29, 0.717) is 5.69 Å². The van der Waals surface area contributed by atoms with Crippen molar-refractivity contribution in [3.63, 3.8) is 0 Å². The van der Waals surface area contributed by atoms with Gasteiger partial charge in [0.15, 0.2) is 0 Å². The second kappa shape index (κ2) is 5.93. The number of hydrogen-bond donors (Lipinski definition) is 1. The molecular weight excluding hydrogens is 264 g/mol. The molecule has 0 spiro atoms. The van der Waals surface area contributed by atoms with Crippen LogP contribution in [0.1, 0.15) is 30.8 Å². The zero-order chi connectivity index (χ0) is 14.7. The molecule has 0 aliphatic carbocycles. The van der Waals surface area contributed by atoms with Crippen molar-refractivity contribution >= 4 is 0 Å². The Morgan fingerprint density at radius 3 is 2.71 bits per heavy atom. The van der Waals surface area contributed by atoms with E-state index in [2.05, 4.69) is 17.1 Å². The molecule has 0 aliphatic rings. The first-order valence-corrected chi connectivity index (χ1v) is 7.10. The summed E-state index contributed by atoms with van der Waals surface area (Å²) in [5, 5.41) is 19.2. The number of para-hydroxylation sites is 1. The smallest absolute Gasteiger partial charge is 0.139 e. The summed E-state index contributed by atoms with van der Waals surface area (Å²) in [6.07, 6.45) is 3.78. The van der Waals surface area contributed by atoms with Gasteiger partial charge in [0.05, 0.1) is 17.1 Å². The summed E-state index contributed by atoms with van der Waals surface area (Å²) in [5.41, 5.74) is 2.37. The number of aromatic nitrogens is 4. The minimum atomic E-state index is -0.760. The number of rotatable bonds is 5. The summed E-state index contributed by atoms with van der Waals surface area (Å²) in [6, 6.07) is 13.5. The highest BCUT2D eigenvalue weighted by Crippen LogP contribution is 2.21. The van der Waals surface area contributed by atoms with Gasteiger partial charge in [-0.15, -0.1) is 0 Å². The first-order valence-electron chi connectivity index (χ1n) is 7.10. The topological polar surface area (TPSA) is 55.9 Å². The van der Waals surface area contributed by atoms with E-state index in [9.17, 15) is 5.11 Å². The predicted octanol–water partition coefficient (Wildman–Crippen LogP) is 2.56. The molecule has 1 N–H and O–H groups in total. The number of aliphatic hydroxyl groups is 1. The second-order valence-electron chi connectivity index (χ2n) is 4.90. The Morgan fingerprint density at radius 2 is 1.95 bits per heavy atom. The van der Waals surface area contributed by atoms with E-state index in [1.807, 2.05) is 53.3 Å². The van der Waals surface area contributed by atoms with Gasteiger partial charge in [0, 0.05) is 18.9 Å². The van der Waals surface area contributed by atoms with Crippen molar-refractivity contribution in [2.24, 2.45) is 0 Å². The molecule has 0 amide bonds. The van der Waals surface area contributed by atoms with Crippen LogP contribution in [0.4, 0.5) is 0 Å². The Hall–Kier alpha value is -2.40. The number of hydrogen-bond acceptors (Lipinski definition) is 3. The van der Waals surface area contributed by atoms with Gasteiger partial charge in [0.1, 0.15) is 6.10 Å². The van der Waals surface area contributed by atoms with Crippen molar-refractivity contribution in [3.05, 3.63) is 66.2 Å². The van der Waals surface area contributed by atoms with Gasteiger partial charge in [-0.2, -0.15) is 10.2 Å². The van der Waals surface area contributed by atoms with Gasteiger partial charge in [-0.25, -0.2) is 4.68 Å². The lowest BCUT2D eigenvalue weighted by Gasteiger charge is -2.10. The fourth-order valence-corrected chi connectivity index (χ4v) is 2.33. The number of aliphatic hydroxyl groups excluding tert-OH is 1. The Kier molecular flexibility index (Phi) is 3.83. The highest BCUT2D eigenvalue weighted by molar-refractivity contribution is 5.31. The summed E-state index contributed by atoms with van der Waals surface area (Å²) in [7, 11) is 0. The van der Waals surface area contributed by atoms with Crippen molar-refractivity contribution in [3.8, 4) is 5.69 Å². The normalized spacial score (nSPS) is 12.5. The van der Waals surface area contributed by atoms with Crippen LogP contribution in [-0.2, 0) is 6.54 Å². The number of nitrogens with zero attached hydrogens (tertiary/aromatic N) is 4. The van der Waals surface area contributed by atoms with Crippen molar-refractivity contribution in [1.82, 2.24) is 19.6 Å². The molecule has 0 saturated carbocycles. The van der Waals surface area contributed by atoms with Gasteiger partial charge in [0.2, 0.25) is 0 Å². The molecule has 0 bridgehead atoms. The minimum Gasteiger partial charge on any atom is -0.380 e. The third-order valence-electron chi connectivity index (χ3n) is 3.38. The fraction of sp³-hybridized carbons (Fsp3) is 0.250. The second-order valence-corrected chi connectivity index (χ2v) is 4.90. The van der Waals surface area contributed by atoms with Crippen LogP contribution in [0.2, 0.25) is 0 Å². The first kappa shape index (κ1) is 13.6. The monoisotopic (exact) mass is 282 g/mol. The lowest BCUT2D eigenvalue weighted by Crippen LogP contribution is -2.11. The summed E-state index contributed by atoms with van der Waals surface area (Å²) in [4.78, 5) is 0. The maximum absolute atomic E-state index is 10.5. The number of aryl methyl sites for hydroxylation is 1. The van der Waals surface area contributed by atoms with E-state index in [1.54, 1.807) is 10.9 Å². The van der Waals surface area contributed by atoms with Crippen LogP contribution in [0, 0.1) is 0 Å². The standard InChI is InChI=1S/C16H18N4O/c1-2-11-20-15(8-10-17-20)16(21)14-9-12-19(18-14)13-6-4-3-5-7-13/h3-10,12,16,21H,2,11H2,1H3. The van der Waals surface area contributed by atoms with Crippen molar-refractivity contribution < 1.29 is 5.11 Å². The Labute approximate surface area is 123 Å². The molecule has 0 saturated heterocycles. The van der Waals surface area contributed by atoms with E-state index < -0.39 is 6.10 Å². The summed E-state index contributed by atoms with van der Waals surface area (Å²) in [6.45, 7) is 2.88. The SMILES string of the molecule is CCCn1nccc1C(O)c1ccn(-c2ccccc2)n1. The molecule has 2 aromatic heterocycles. The predicted molar refractivity (Wildman–Crippen MR) is 80.1 cm³/mol. The third kappa shape index (κ3) is 2.73. The van der Waals surface area contributed by atoms with E-state index in [4.69, 9.17) is 0 Å². The molecule has 0 fully saturated rings. The summed E-state index contributed by atoms with van der Waals surface area (Å²) < 4.78 is 3.59. The maximum Gasteiger partial charge on any atom is 0.139 e. The summed E-state index contributed by atoms with van der Waals surface area (Å²) in [5.74, 6) is 0. The molecule has 1 aromatic carbocycles. The molecule has 1 atom stereocenters. The average molecular weight is 282 g/mol. The maximum atomic E-state index is 10.5. The van der Waals surface area contributed by atoms with Crippen LogP contribution in [0.3, 0.4) is 0 Å². The third-order valence-corrected chi connectivity index (χ3v) is 3.38. The van der Waals surface area contributed by atoms with Gasteiger partial charge in [0.25, 0.3) is 0 Å². The van der Waals surface area contributed by atoms with Crippen LogP contribution in [-0.4, -0.2) is 24.7 Å². The van der Waals surface area contributed by atoms with Crippen molar-refractivity contribution in [2.75, 3.05) is 0 Å². The molecular formula is C16H18N4O. The van der Waals surface area contributed by atoms with Gasteiger partial charge in [-0.1, -0.05) is 25.1 Å². The lowest BCUT2D eigenvalue weighted by atomic mass is 10.2. The molecule has 5 heteroatoms. The summed E-state index contributed by atoms with van der Waals surface area (Å²) >= 11 is 0. The quantitative estimate of drug-likeness (QED) is 0.782. The highest BCUT2D eigenvalue weighted by Gasteiger charge is 2.18. The fourth-order valence-electron chi connectivity index (χ4n) is 2.33. The van der Waals surface area contributed by atoms with Gasteiger partial charge >= 0.3 is 0 Å². The molecule has 21 heavy (non-hydrogen) atoms. The van der Waals surface area contributed by atoms with E-state index in [0.717, 1.165) is 24.3 Å². The average Bonchev–Trinajstić information content (AvgIpc) is 3.17. The van der Waals surface area contributed by atoms with Crippen molar-refractivity contribution in [1.29, 1.82) is 0 Å². The van der Waals surface area contributed by atoms with Crippen LogP contribution in [0.15, 0.2) is 54.9 Å². The Morgan fingerprint density at radius 1 is 1.14 bits per heavy atom. The molecule has 0 radical (unpaired) electrons. The lowest BCUT2D eigenvalue weighted by molar-refractivity contribution is 0.202.